The second kappa shape index (κ2) is 6.15. The van der Waals surface area contributed by atoms with Crippen molar-refractivity contribution in [3.05, 3.63) is 75.4 Å². The van der Waals surface area contributed by atoms with Crippen LogP contribution in [0.15, 0.2) is 74.0 Å². The van der Waals surface area contributed by atoms with Gasteiger partial charge in [-0.25, -0.2) is 9.37 Å². The molecule has 0 radical (unpaired) electrons. The van der Waals surface area contributed by atoms with Crippen molar-refractivity contribution in [2.24, 2.45) is 0 Å². The van der Waals surface area contributed by atoms with Crippen LogP contribution in [-0.4, -0.2) is 4.98 Å². The first-order chi connectivity index (χ1) is 11.6. The average molecular weight is 447 g/mol. The second-order valence-electron chi connectivity index (χ2n) is 5.32. The highest BCUT2D eigenvalue weighted by atomic mass is 79.9. The van der Waals surface area contributed by atoms with Gasteiger partial charge in [0, 0.05) is 4.47 Å². The number of rotatable bonds is 2. The average Bonchev–Trinajstić information content (AvgIpc) is 3.00. The van der Waals surface area contributed by atoms with Crippen LogP contribution in [0.2, 0.25) is 0 Å². The lowest BCUT2D eigenvalue weighted by molar-refractivity contribution is 0.592. The van der Waals surface area contributed by atoms with Gasteiger partial charge in [0.2, 0.25) is 5.89 Å². The number of nitrogens with zero attached hydrogens (tertiary/aromatic N) is 1. The van der Waals surface area contributed by atoms with Crippen LogP contribution in [0.25, 0.3) is 33.7 Å². The Balaban J connectivity index is 1.88. The highest BCUT2D eigenvalue weighted by molar-refractivity contribution is 9.11. The molecule has 118 valence electrons. The SMILES string of the molecule is Fc1cc(Br)ccc1-c1nc2cc(-c3ccccc3)cc(Br)c2o1. The Morgan fingerprint density at radius 2 is 1.67 bits per heavy atom. The third kappa shape index (κ3) is 2.78. The fourth-order valence-electron chi connectivity index (χ4n) is 2.57. The summed E-state index contributed by atoms with van der Waals surface area (Å²) in [5, 5.41) is 0. The lowest BCUT2D eigenvalue weighted by Gasteiger charge is -2.02. The van der Waals surface area contributed by atoms with Gasteiger partial charge < -0.3 is 4.42 Å². The van der Waals surface area contributed by atoms with E-state index in [4.69, 9.17) is 4.42 Å². The van der Waals surface area contributed by atoms with Crippen molar-refractivity contribution >= 4 is 43.0 Å². The summed E-state index contributed by atoms with van der Waals surface area (Å²) in [7, 11) is 0. The fourth-order valence-corrected chi connectivity index (χ4v) is 3.43. The topological polar surface area (TPSA) is 26.0 Å². The van der Waals surface area contributed by atoms with Gasteiger partial charge in [0.05, 0.1) is 10.0 Å². The van der Waals surface area contributed by atoms with Gasteiger partial charge in [0.1, 0.15) is 11.3 Å². The molecule has 4 aromatic rings. The van der Waals surface area contributed by atoms with Gasteiger partial charge in [-0.2, -0.15) is 0 Å². The van der Waals surface area contributed by atoms with Crippen LogP contribution in [0, 0.1) is 5.82 Å². The van der Waals surface area contributed by atoms with Crippen LogP contribution in [-0.2, 0) is 0 Å². The second-order valence-corrected chi connectivity index (χ2v) is 7.09. The lowest BCUT2D eigenvalue weighted by Crippen LogP contribution is -1.84. The number of hydrogen-bond donors (Lipinski definition) is 0. The smallest absolute Gasteiger partial charge is 0.230 e. The third-order valence-corrected chi connectivity index (χ3v) is 4.80. The van der Waals surface area contributed by atoms with Crippen molar-refractivity contribution < 1.29 is 8.81 Å². The zero-order chi connectivity index (χ0) is 16.7. The number of halogens is 3. The minimum absolute atomic E-state index is 0.265. The van der Waals surface area contributed by atoms with Crippen LogP contribution in [0.4, 0.5) is 4.39 Å². The molecule has 1 heterocycles. The molecule has 0 aliphatic heterocycles. The summed E-state index contributed by atoms with van der Waals surface area (Å²) in [6.07, 6.45) is 0. The molecule has 0 amide bonds. The number of hydrogen-bond acceptors (Lipinski definition) is 2. The molecule has 4 rings (SSSR count). The molecule has 0 N–H and O–H groups in total. The van der Waals surface area contributed by atoms with Crippen LogP contribution >= 0.6 is 31.9 Å². The van der Waals surface area contributed by atoms with E-state index in [0.717, 1.165) is 15.6 Å². The molecule has 0 saturated heterocycles. The lowest BCUT2D eigenvalue weighted by atomic mass is 10.1. The summed E-state index contributed by atoms with van der Waals surface area (Å²) in [5.74, 6) is -0.115. The molecular weight excluding hydrogens is 437 g/mol. The van der Waals surface area contributed by atoms with Crippen LogP contribution in [0.3, 0.4) is 0 Å². The molecule has 0 unspecified atom stereocenters. The standard InChI is InChI=1S/C19H10Br2FNO/c20-13-6-7-14(16(22)10-13)19-23-17-9-12(8-15(21)18(17)24-19)11-4-2-1-3-5-11/h1-10H. The third-order valence-electron chi connectivity index (χ3n) is 3.71. The van der Waals surface area contributed by atoms with Gasteiger partial charge in [-0.05, 0) is 57.4 Å². The zero-order valence-electron chi connectivity index (χ0n) is 12.3. The predicted octanol–water partition coefficient (Wildman–Crippen LogP) is 6.83. The quantitative estimate of drug-likeness (QED) is 0.337. The molecule has 2 nitrogen and oxygen atoms in total. The first-order valence-electron chi connectivity index (χ1n) is 7.23. The Morgan fingerprint density at radius 1 is 0.875 bits per heavy atom. The first-order valence-corrected chi connectivity index (χ1v) is 8.81. The highest BCUT2D eigenvalue weighted by Crippen LogP contribution is 2.35. The van der Waals surface area contributed by atoms with Gasteiger partial charge in [0.25, 0.3) is 0 Å². The van der Waals surface area contributed by atoms with Crippen molar-refractivity contribution in [2.45, 2.75) is 0 Å². The maximum Gasteiger partial charge on any atom is 0.230 e. The molecule has 0 fully saturated rings. The summed E-state index contributed by atoms with van der Waals surface area (Å²) < 4.78 is 21.4. The molecular formula is C19H10Br2FNO. The molecule has 0 aliphatic rings. The van der Waals surface area contributed by atoms with E-state index in [1.54, 1.807) is 12.1 Å². The Hall–Kier alpha value is -1.98. The molecule has 0 spiro atoms. The summed E-state index contributed by atoms with van der Waals surface area (Å²) in [6, 6.07) is 18.7. The molecule has 0 bridgehead atoms. The van der Waals surface area contributed by atoms with Crippen LogP contribution < -0.4 is 0 Å². The molecule has 24 heavy (non-hydrogen) atoms. The van der Waals surface area contributed by atoms with E-state index in [1.165, 1.54) is 6.07 Å². The summed E-state index contributed by atoms with van der Waals surface area (Å²) >= 11 is 6.78. The van der Waals surface area contributed by atoms with E-state index in [1.807, 2.05) is 42.5 Å². The van der Waals surface area contributed by atoms with Gasteiger partial charge in [-0.15, -0.1) is 0 Å². The maximum absolute atomic E-state index is 14.2. The summed E-state index contributed by atoms with van der Waals surface area (Å²) in [5.41, 5.74) is 3.72. The minimum atomic E-state index is -0.379. The van der Waals surface area contributed by atoms with Gasteiger partial charge in [-0.1, -0.05) is 46.3 Å². The van der Waals surface area contributed by atoms with Crippen molar-refractivity contribution in [2.75, 3.05) is 0 Å². The minimum Gasteiger partial charge on any atom is -0.435 e. The van der Waals surface area contributed by atoms with Crippen molar-refractivity contribution in [3.63, 3.8) is 0 Å². The van der Waals surface area contributed by atoms with E-state index in [-0.39, 0.29) is 11.7 Å². The van der Waals surface area contributed by atoms with E-state index in [0.29, 0.717) is 21.1 Å². The van der Waals surface area contributed by atoms with Crippen molar-refractivity contribution in [1.82, 2.24) is 4.98 Å². The van der Waals surface area contributed by atoms with Crippen molar-refractivity contribution in [1.29, 1.82) is 0 Å². The normalized spacial score (nSPS) is 11.1. The Morgan fingerprint density at radius 3 is 2.42 bits per heavy atom. The fraction of sp³-hybridized carbons (Fsp3) is 0. The number of fused-ring (bicyclic) bond motifs is 1. The number of oxazole rings is 1. The summed E-state index contributed by atoms with van der Waals surface area (Å²) in [4.78, 5) is 4.47. The molecule has 0 aliphatic carbocycles. The number of aromatic nitrogens is 1. The number of benzene rings is 3. The Labute approximate surface area is 154 Å². The highest BCUT2D eigenvalue weighted by Gasteiger charge is 2.16. The van der Waals surface area contributed by atoms with Crippen LogP contribution in [0.1, 0.15) is 0 Å². The molecule has 0 saturated carbocycles. The largest absolute Gasteiger partial charge is 0.435 e. The van der Waals surface area contributed by atoms with Gasteiger partial charge >= 0.3 is 0 Å². The monoisotopic (exact) mass is 445 g/mol. The molecule has 3 aromatic carbocycles. The zero-order valence-corrected chi connectivity index (χ0v) is 15.4. The first kappa shape index (κ1) is 15.5. The van der Waals surface area contributed by atoms with E-state index < -0.39 is 0 Å². The molecule has 0 atom stereocenters. The van der Waals surface area contributed by atoms with Crippen molar-refractivity contribution in [3.8, 4) is 22.6 Å². The van der Waals surface area contributed by atoms with E-state index in [9.17, 15) is 4.39 Å². The predicted molar refractivity (Wildman–Crippen MR) is 100 cm³/mol. The van der Waals surface area contributed by atoms with Gasteiger partial charge in [0.15, 0.2) is 5.58 Å². The Kier molecular flexibility index (Phi) is 3.98. The maximum atomic E-state index is 14.2. The molecule has 1 aromatic heterocycles. The van der Waals surface area contributed by atoms with E-state index >= 15 is 0 Å². The summed E-state index contributed by atoms with van der Waals surface area (Å²) in [6.45, 7) is 0. The van der Waals surface area contributed by atoms with E-state index in [2.05, 4.69) is 36.8 Å². The Bertz CT molecular complexity index is 1040. The molecule has 5 heteroatoms. The van der Waals surface area contributed by atoms with Gasteiger partial charge in [-0.3, -0.25) is 0 Å². The van der Waals surface area contributed by atoms with Crippen LogP contribution in [0.5, 0.6) is 0 Å².